The lowest BCUT2D eigenvalue weighted by atomic mass is 10.1. The number of methoxy groups -OCH3 is 1. The van der Waals surface area contributed by atoms with Crippen LogP contribution in [-0.2, 0) is 9.47 Å². The van der Waals surface area contributed by atoms with Crippen molar-refractivity contribution < 1.29 is 19.3 Å². The maximum Gasteiger partial charge on any atom is 0.191 e. The van der Waals surface area contributed by atoms with Crippen molar-refractivity contribution in [1.82, 2.24) is 10.6 Å². The van der Waals surface area contributed by atoms with Crippen LogP contribution in [0, 0.1) is 5.92 Å². The molecule has 1 aromatic carbocycles. The average Bonchev–Trinajstić information content (AvgIpc) is 3.21. The molecule has 2 unspecified atom stereocenters. The molecule has 0 bridgehead atoms. The van der Waals surface area contributed by atoms with Gasteiger partial charge < -0.3 is 30.0 Å². The Morgan fingerprint density at radius 2 is 2.25 bits per heavy atom. The first kappa shape index (κ1) is 24.9. The Morgan fingerprint density at radius 1 is 1.39 bits per heavy atom. The number of guanidine groups is 1. The van der Waals surface area contributed by atoms with E-state index >= 15 is 0 Å². The first-order valence-electron chi connectivity index (χ1n) is 9.72. The first-order chi connectivity index (χ1) is 13.2. The van der Waals surface area contributed by atoms with Crippen LogP contribution in [0.2, 0.25) is 0 Å². The Hall–Kier alpha value is -1.10. The predicted octanol–water partition coefficient (Wildman–Crippen LogP) is 2.34. The highest BCUT2D eigenvalue weighted by Gasteiger charge is 2.15. The molecule has 2 atom stereocenters. The molecule has 0 aliphatic carbocycles. The van der Waals surface area contributed by atoms with E-state index in [-0.39, 0.29) is 30.5 Å². The molecule has 28 heavy (non-hydrogen) atoms. The lowest BCUT2D eigenvalue weighted by Crippen LogP contribution is -2.38. The van der Waals surface area contributed by atoms with Crippen molar-refractivity contribution in [3.05, 3.63) is 29.8 Å². The zero-order chi connectivity index (χ0) is 19.3. The number of hydrogen-bond donors (Lipinski definition) is 3. The van der Waals surface area contributed by atoms with E-state index in [1.165, 1.54) is 0 Å². The van der Waals surface area contributed by atoms with Crippen molar-refractivity contribution in [2.45, 2.75) is 25.9 Å². The van der Waals surface area contributed by atoms with Gasteiger partial charge in [-0.1, -0.05) is 12.1 Å². The van der Waals surface area contributed by atoms with E-state index in [0.717, 1.165) is 63.7 Å². The molecule has 1 aromatic rings. The van der Waals surface area contributed by atoms with E-state index in [9.17, 15) is 5.11 Å². The quantitative estimate of drug-likeness (QED) is 0.185. The van der Waals surface area contributed by atoms with Gasteiger partial charge in [0.15, 0.2) is 5.96 Å². The maximum atomic E-state index is 10.4. The lowest BCUT2D eigenvalue weighted by molar-refractivity contribution is 0.0888. The molecule has 160 valence electrons. The van der Waals surface area contributed by atoms with E-state index in [1.807, 2.05) is 31.2 Å². The Balaban J connectivity index is 0.00000392. The summed E-state index contributed by atoms with van der Waals surface area (Å²) < 4.78 is 16.2. The molecule has 1 saturated heterocycles. The zero-order valence-corrected chi connectivity index (χ0v) is 19.2. The van der Waals surface area contributed by atoms with Gasteiger partial charge >= 0.3 is 0 Å². The molecule has 1 heterocycles. The largest absolute Gasteiger partial charge is 0.497 e. The summed E-state index contributed by atoms with van der Waals surface area (Å²) in [6.45, 7) is 7.01. The summed E-state index contributed by atoms with van der Waals surface area (Å²) in [5.74, 6) is 1.98. The third-order valence-electron chi connectivity index (χ3n) is 4.38. The molecule has 1 aliphatic heterocycles. The van der Waals surface area contributed by atoms with E-state index in [4.69, 9.17) is 14.2 Å². The lowest BCUT2D eigenvalue weighted by Gasteiger charge is -2.14. The van der Waals surface area contributed by atoms with Crippen LogP contribution in [-0.4, -0.2) is 64.2 Å². The fourth-order valence-corrected chi connectivity index (χ4v) is 2.82. The minimum Gasteiger partial charge on any atom is -0.497 e. The number of ether oxygens (including phenoxy) is 3. The number of nitrogens with zero attached hydrogens (tertiary/aromatic N) is 1. The zero-order valence-electron chi connectivity index (χ0n) is 16.9. The van der Waals surface area contributed by atoms with Crippen molar-refractivity contribution in [3.8, 4) is 5.75 Å². The second-order valence-corrected chi connectivity index (χ2v) is 6.60. The van der Waals surface area contributed by atoms with Gasteiger partial charge in [-0.2, -0.15) is 0 Å². The summed E-state index contributed by atoms with van der Waals surface area (Å²) in [5, 5.41) is 16.8. The van der Waals surface area contributed by atoms with Crippen LogP contribution in [0.25, 0.3) is 0 Å². The summed E-state index contributed by atoms with van der Waals surface area (Å²) in [4.78, 5) is 4.47. The summed E-state index contributed by atoms with van der Waals surface area (Å²) in [5.41, 5.74) is 0.790. The van der Waals surface area contributed by atoms with E-state index in [2.05, 4.69) is 15.6 Å². The van der Waals surface area contributed by atoms with Gasteiger partial charge in [-0.3, -0.25) is 4.99 Å². The number of nitrogens with one attached hydrogen (secondary N) is 2. The number of benzene rings is 1. The molecule has 7 nitrogen and oxygen atoms in total. The first-order valence-corrected chi connectivity index (χ1v) is 9.72. The van der Waals surface area contributed by atoms with Gasteiger partial charge in [0.2, 0.25) is 0 Å². The molecule has 8 heteroatoms. The summed E-state index contributed by atoms with van der Waals surface area (Å²) in [6.07, 6.45) is 1.33. The van der Waals surface area contributed by atoms with Gasteiger partial charge in [-0.25, -0.2) is 0 Å². The molecule has 0 aromatic heterocycles. The normalized spacial score (nSPS) is 17.7. The molecule has 1 aliphatic rings. The van der Waals surface area contributed by atoms with Crippen LogP contribution in [0.4, 0.5) is 0 Å². The van der Waals surface area contributed by atoms with Gasteiger partial charge in [-0.15, -0.1) is 24.0 Å². The molecule has 1 fully saturated rings. The fourth-order valence-electron chi connectivity index (χ4n) is 2.82. The number of aliphatic hydroxyl groups is 1. The number of aliphatic imine (C=N–C) groups is 1. The van der Waals surface area contributed by atoms with Gasteiger partial charge in [0.25, 0.3) is 0 Å². The van der Waals surface area contributed by atoms with Crippen molar-refractivity contribution >= 4 is 29.9 Å². The number of hydrogen-bond acceptors (Lipinski definition) is 5. The minimum atomic E-state index is -0.674. The Kier molecular flexibility index (Phi) is 13.2. The van der Waals surface area contributed by atoms with Gasteiger partial charge in [0, 0.05) is 32.2 Å². The molecule has 0 saturated carbocycles. The van der Waals surface area contributed by atoms with Gasteiger partial charge in [0.1, 0.15) is 5.75 Å². The Morgan fingerprint density at radius 3 is 2.96 bits per heavy atom. The molecule has 0 radical (unpaired) electrons. The highest BCUT2D eigenvalue weighted by atomic mass is 127. The predicted molar refractivity (Wildman–Crippen MR) is 122 cm³/mol. The smallest absolute Gasteiger partial charge is 0.191 e. The fraction of sp³-hybridized carbons (Fsp3) is 0.650. The highest BCUT2D eigenvalue weighted by Crippen LogP contribution is 2.19. The summed E-state index contributed by atoms with van der Waals surface area (Å²) in [7, 11) is 1.61. The van der Waals surface area contributed by atoms with Crippen LogP contribution in [0.1, 0.15) is 31.4 Å². The topological polar surface area (TPSA) is 84.3 Å². The number of rotatable bonds is 11. The average molecular weight is 507 g/mol. The molecule has 0 spiro atoms. The number of aliphatic hydroxyl groups excluding tert-OH is 1. The molecule has 0 amide bonds. The van der Waals surface area contributed by atoms with Crippen molar-refractivity contribution in [2.75, 3.05) is 53.2 Å². The van der Waals surface area contributed by atoms with E-state index in [0.29, 0.717) is 11.9 Å². The van der Waals surface area contributed by atoms with Crippen LogP contribution >= 0.6 is 24.0 Å². The van der Waals surface area contributed by atoms with E-state index < -0.39 is 6.10 Å². The van der Waals surface area contributed by atoms with Crippen molar-refractivity contribution in [3.63, 3.8) is 0 Å². The third-order valence-corrected chi connectivity index (χ3v) is 4.38. The van der Waals surface area contributed by atoms with Crippen LogP contribution in [0.3, 0.4) is 0 Å². The molecular weight excluding hydrogens is 473 g/mol. The highest BCUT2D eigenvalue weighted by molar-refractivity contribution is 14.0. The number of halogens is 1. The summed E-state index contributed by atoms with van der Waals surface area (Å²) >= 11 is 0. The monoisotopic (exact) mass is 507 g/mol. The Bertz CT molecular complexity index is 568. The second-order valence-electron chi connectivity index (χ2n) is 6.60. The minimum absolute atomic E-state index is 0. The SMILES string of the molecule is CCNC(=NCC(O)c1cccc(OC)c1)NCCCOCC1CCOC1.I. The van der Waals surface area contributed by atoms with Crippen molar-refractivity contribution in [2.24, 2.45) is 10.9 Å². The van der Waals surface area contributed by atoms with Crippen LogP contribution in [0.15, 0.2) is 29.3 Å². The van der Waals surface area contributed by atoms with Crippen molar-refractivity contribution in [1.29, 1.82) is 0 Å². The summed E-state index contributed by atoms with van der Waals surface area (Å²) in [6, 6.07) is 7.41. The molecule has 2 rings (SSSR count). The van der Waals surface area contributed by atoms with Crippen LogP contribution in [0.5, 0.6) is 5.75 Å². The molecular formula is C20H34IN3O4. The van der Waals surface area contributed by atoms with Gasteiger partial charge in [0.05, 0.1) is 33.0 Å². The van der Waals surface area contributed by atoms with Crippen LogP contribution < -0.4 is 15.4 Å². The standard InChI is InChI=1S/C20H33N3O4.HI/c1-3-21-20(22-9-5-10-26-14-16-8-11-27-15-16)23-13-19(24)17-6-4-7-18(12-17)25-2;/h4,6-7,12,16,19,24H,3,5,8-11,13-15H2,1-2H3,(H2,21,22,23);1H. The maximum absolute atomic E-state index is 10.4. The Labute approximate surface area is 185 Å². The second kappa shape index (κ2) is 14.8. The van der Waals surface area contributed by atoms with Gasteiger partial charge in [-0.05, 0) is 37.5 Å². The van der Waals surface area contributed by atoms with E-state index in [1.54, 1.807) is 7.11 Å². The third kappa shape index (κ3) is 9.40. The molecule has 3 N–H and O–H groups in total.